The summed E-state index contributed by atoms with van der Waals surface area (Å²) in [6.45, 7) is 4.10. The third kappa shape index (κ3) is 3.63. The highest BCUT2D eigenvalue weighted by Gasteiger charge is 1.99. The third-order valence-corrected chi connectivity index (χ3v) is 2.66. The monoisotopic (exact) mass is 197 g/mol. The fourth-order valence-electron chi connectivity index (χ4n) is 1.03. The molecule has 2 N–H and O–H groups in total. The van der Waals surface area contributed by atoms with Gasteiger partial charge in [-0.3, -0.25) is 0 Å². The number of thioether (sulfide) groups is 1. The van der Waals surface area contributed by atoms with Gasteiger partial charge in [0.2, 0.25) is 0 Å². The fraction of sp³-hybridized carbons (Fsp3) is 0.556. The van der Waals surface area contributed by atoms with Crippen molar-refractivity contribution in [3.63, 3.8) is 0 Å². The molecule has 1 aromatic rings. The average molecular weight is 197 g/mol. The van der Waals surface area contributed by atoms with Crippen molar-refractivity contribution >= 4 is 17.6 Å². The van der Waals surface area contributed by atoms with Crippen LogP contribution in [0.3, 0.4) is 0 Å². The first-order valence-electron chi connectivity index (χ1n) is 4.40. The maximum Gasteiger partial charge on any atom is 0.140 e. The number of nitrogens with two attached hydrogens (primary N) is 1. The van der Waals surface area contributed by atoms with Gasteiger partial charge in [0.05, 0.1) is 5.75 Å². The van der Waals surface area contributed by atoms with Crippen molar-refractivity contribution in [2.45, 2.75) is 26.0 Å². The van der Waals surface area contributed by atoms with Gasteiger partial charge in [0.1, 0.15) is 11.6 Å². The van der Waals surface area contributed by atoms with Crippen molar-refractivity contribution < 1.29 is 0 Å². The Morgan fingerprint density at radius 1 is 1.46 bits per heavy atom. The normalized spacial score (nSPS) is 10.3. The minimum absolute atomic E-state index is 0.569. The first-order chi connectivity index (χ1) is 6.22. The summed E-state index contributed by atoms with van der Waals surface area (Å²) in [5, 5.41) is 0. The van der Waals surface area contributed by atoms with E-state index in [0.29, 0.717) is 5.82 Å². The Bertz CT molecular complexity index is 255. The van der Waals surface area contributed by atoms with E-state index in [1.807, 2.05) is 18.7 Å². The van der Waals surface area contributed by atoms with Crippen LogP contribution >= 0.6 is 11.8 Å². The second-order valence-electron chi connectivity index (χ2n) is 2.90. The van der Waals surface area contributed by atoms with E-state index in [0.717, 1.165) is 23.0 Å². The van der Waals surface area contributed by atoms with Crippen LogP contribution in [0, 0.1) is 6.92 Å². The lowest BCUT2D eigenvalue weighted by molar-refractivity contribution is 0.999. The molecule has 1 heterocycles. The lowest BCUT2D eigenvalue weighted by atomic mass is 10.4. The quantitative estimate of drug-likeness (QED) is 0.750. The fourth-order valence-corrected chi connectivity index (χ4v) is 1.77. The van der Waals surface area contributed by atoms with E-state index < -0.39 is 0 Å². The number of hydrogen-bond acceptors (Lipinski definition) is 4. The SMILES string of the molecule is CCCSCc1nc(C)cc(N)n1. The Hall–Kier alpha value is -0.770. The molecule has 1 rings (SSSR count). The molecule has 0 atom stereocenters. The molecule has 3 nitrogen and oxygen atoms in total. The van der Waals surface area contributed by atoms with Gasteiger partial charge in [-0.25, -0.2) is 9.97 Å². The van der Waals surface area contributed by atoms with Gasteiger partial charge in [-0.2, -0.15) is 11.8 Å². The topological polar surface area (TPSA) is 51.8 Å². The summed E-state index contributed by atoms with van der Waals surface area (Å²) >= 11 is 1.84. The number of aryl methyl sites for hydroxylation is 1. The largest absolute Gasteiger partial charge is 0.384 e. The van der Waals surface area contributed by atoms with E-state index in [9.17, 15) is 0 Å². The number of aromatic nitrogens is 2. The standard InChI is InChI=1S/C9H15N3S/c1-3-4-13-6-9-11-7(2)5-8(10)12-9/h5H,3-4,6H2,1-2H3,(H2,10,11,12). The molecular weight excluding hydrogens is 182 g/mol. The van der Waals surface area contributed by atoms with Crippen LogP contribution < -0.4 is 5.73 Å². The maximum absolute atomic E-state index is 5.60. The Labute approximate surface area is 83.2 Å². The molecule has 4 heteroatoms. The highest BCUT2D eigenvalue weighted by molar-refractivity contribution is 7.98. The molecule has 0 bridgehead atoms. The lowest BCUT2D eigenvalue weighted by Gasteiger charge is -2.01. The molecular formula is C9H15N3S. The van der Waals surface area contributed by atoms with Gasteiger partial charge in [-0.05, 0) is 19.1 Å². The zero-order chi connectivity index (χ0) is 9.68. The lowest BCUT2D eigenvalue weighted by Crippen LogP contribution is -2.00. The van der Waals surface area contributed by atoms with E-state index in [2.05, 4.69) is 16.9 Å². The Kier molecular flexibility index (Phi) is 4.02. The predicted molar refractivity (Wildman–Crippen MR) is 57.6 cm³/mol. The first kappa shape index (κ1) is 10.3. The molecule has 0 radical (unpaired) electrons. The van der Waals surface area contributed by atoms with E-state index in [1.165, 1.54) is 6.42 Å². The number of hydrogen-bond donors (Lipinski definition) is 1. The molecule has 0 unspecified atom stereocenters. The maximum atomic E-state index is 5.60. The molecule has 0 fully saturated rings. The van der Waals surface area contributed by atoms with Gasteiger partial charge in [0.25, 0.3) is 0 Å². The third-order valence-electron chi connectivity index (χ3n) is 1.50. The molecule has 0 aliphatic heterocycles. The van der Waals surface area contributed by atoms with Crippen LogP contribution in [0.25, 0.3) is 0 Å². The minimum atomic E-state index is 0.569. The summed E-state index contributed by atoms with van der Waals surface area (Å²) in [5.41, 5.74) is 6.55. The van der Waals surface area contributed by atoms with Crippen LogP contribution in [0.1, 0.15) is 24.9 Å². The van der Waals surface area contributed by atoms with Crippen molar-refractivity contribution in [1.82, 2.24) is 9.97 Å². The van der Waals surface area contributed by atoms with Crippen molar-refractivity contribution in [2.24, 2.45) is 0 Å². The second kappa shape index (κ2) is 5.07. The smallest absolute Gasteiger partial charge is 0.140 e. The molecule has 0 saturated heterocycles. The number of anilines is 1. The number of nitrogen functional groups attached to an aromatic ring is 1. The van der Waals surface area contributed by atoms with Crippen molar-refractivity contribution in [3.05, 3.63) is 17.6 Å². The minimum Gasteiger partial charge on any atom is -0.384 e. The van der Waals surface area contributed by atoms with Crippen LogP contribution in [-0.4, -0.2) is 15.7 Å². The van der Waals surface area contributed by atoms with Gasteiger partial charge in [-0.1, -0.05) is 6.92 Å². The van der Waals surface area contributed by atoms with E-state index in [-0.39, 0.29) is 0 Å². The zero-order valence-electron chi connectivity index (χ0n) is 8.08. The summed E-state index contributed by atoms with van der Waals surface area (Å²) in [6, 6.07) is 1.79. The molecule has 0 amide bonds. The van der Waals surface area contributed by atoms with E-state index in [1.54, 1.807) is 6.07 Å². The average Bonchev–Trinajstić information content (AvgIpc) is 2.03. The number of nitrogens with zero attached hydrogens (tertiary/aromatic N) is 2. The molecule has 0 spiro atoms. The first-order valence-corrected chi connectivity index (χ1v) is 5.55. The Balaban J connectivity index is 2.56. The summed E-state index contributed by atoms with van der Waals surface area (Å²) < 4.78 is 0. The molecule has 13 heavy (non-hydrogen) atoms. The van der Waals surface area contributed by atoms with Crippen LogP contribution in [0.15, 0.2) is 6.07 Å². The molecule has 0 aromatic carbocycles. The molecule has 0 aliphatic rings. The summed E-state index contributed by atoms with van der Waals surface area (Å²) in [5.74, 6) is 3.42. The van der Waals surface area contributed by atoms with Crippen molar-refractivity contribution in [1.29, 1.82) is 0 Å². The van der Waals surface area contributed by atoms with Crippen molar-refractivity contribution in [3.8, 4) is 0 Å². The summed E-state index contributed by atoms with van der Waals surface area (Å²) in [6.07, 6.45) is 1.19. The van der Waals surface area contributed by atoms with Gasteiger partial charge in [0.15, 0.2) is 0 Å². The molecule has 0 aliphatic carbocycles. The van der Waals surface area contributed by atoms with Gasteiger partial charge >= 0.3 is 0 Å². The Morgan fingerprint density at radius 2 is 2.23 bits per heavy atom. The Morgan fingerprint density at radius 3 is 2.85 bits per heavy atom. The van der Waals surface area contributed by atoms with Crippen LogP contribution in [0.4, 0.5) is 5.82 Å². The molecule has 72 valence electrons. The molecule has 1 aromatic heterocycles. The van der Waals surface area contributed by atoms with Crippen LogP contribution in [0.5, 0.6) is 0 Å². The van der Waals surface area contributed by atoms with Gasteiger partial charge in [-0.15, -0.1) is 0 Å². The highest BCUT2D eigenvalue weighted by atomic mass is 32.2. The van der Waals surface area contributed by atoms with Gasteiger partial charge in [0, 0.05) is 11.8 Å². The zero-order valence-corrected chi connectivity index (χ0v) is 8.90. The number of rotatable bonds is 4. The van der Waals surface area contributed by atoms with E-state index in [4.69, 9.17) is 5.73 Å². The predicted octanol–water partition coefficient (Wildman–Crippen LogP) is 2.01. The molecule has 0 saturated carbocycles. The second-order valence-corrected chi connectivity index (χ2v) is 4.01. The summed E-state index contributed by atoms with van der Waals surface area (Å²) in [7, 11) is 0. The van der Waals surface area contributed by atoms with Crippen molar-refractivity contribution in [2.75, 3.05) is 11.5 Å². The van der Waals surface area contributed by atoms with Crippen LogP contribution in [0.2, 0.25) is 0 Å². The van der Waals surface area contributed by atoms with Crippen LogP contribution in [-0.2, 0) is 5.75 Å². The van der Waals surface area contributed by atoms with E-state index >= 15 is 0 Å². The van der Waals surface area contributed by atoms with Gasteiger partial charge < -0.3 is 5.73 Å². The summed E-state index contributed by atoms with van der Waals surface area (Å²) in [4.78, 5) is 8.45. The highest BCUT2D eigenvalue weighted by Crippen LogP contribution is 2.11.